The van der Waals surface area contributed by atoms with Gasteiger partial charge in [0.05, 0.1) is 16.8 Å². The summed E-state index contributed by atoms with van der Waals surface area (Å²) in [6.45, 7) is 0.519. The fourth-order valence-electron chi connectivity index (χ4n) is 3.16. The van der Waals surface area contributed by atoms with Crippen LogP contribution in [0.25, 0.3) is 22.2 Å². The topological polar surface area (TPSA) is 46.1 Å². The highest BCUT2D eigenvalue weighted by atomic mass is 79.9. The number of fused-ring (bicyclic) bond motifs is 1. The van der Waals surface area contributed by atoms with Crippen molar-refractivity contribution in [1.29, 1.82) is 0 Å². The van der Waals surface area contributed by atoms with Crippen molar-refractivity contribution in [1.82, 2.24) is 14.9 Å². The van der Waals surface area contributed by atoms with Crippen LogP contribution < -0.4 is 0 Å². The van der Waals surface area contributed by atoms with Gasteiger partial charge in [-0.1, -0.05) is 46.3 Å². The van der Waals surface area contributed by atoms with Crippen molar-refractivity contribution < 1.29 is 4.79 Å². The number of pyridine rings is 2. The molecule has 4 aromatic rings. The summed E-state index contributed by atoms with van der Waals surface area (Å²) in [6, 6.07) is 21.4. The number of benzene rings is 2. The van der Waals surface area contributed by atoms with Crippen molar-refractivity contribution in [3.8, 4) is 11.3 Å². The molecule has 0 saturated carbocycles. The highest BCUT2D eigenvalue weighted by molar-refractivity contribution is 9.10. The van der Waals surface area contributed by atoms with Crippen LogP contribution in [0.1, 0.15) is 15.9 Å². The summed E-state index contributed by atoms with van der Waals surface area (Å²) in [7, 11) is 1.82. The molecule has 0 unspecified atom stereocenters. The molecule has 0 aliphatic heterocycles. The largest absolute Gasteiger partial charge is 0.337 e. The molecule has 0 spiro atoms. The van der Waals surface area contributed by atoms with E-state index in [2.05, 4.69) is 20.9 Å². The maximum Gasteiger partial charge on any atom is 0.254 e. The number of nitrogens with zero attached hydrogens (tertiary/aromatic N) is 3. The molecule has 2 aromatic carbocycles. The normalized spacial score (nSPS) is 10.8. The molecule has 2 heterocycles. The monoisotopic (exact) mass is 431 g/mol. The van der Waals surface area contributed by atoms with Gasteiger partial charge >= 0.3 is 0 Å². The van der Waals surface area contributed by atoms with Crippen molar-refractivity contribution in [2.45, 2.75) is 6.54 Å². The molecule has 0 fully saturated rings. The first-order valence-corrected chi connectivity index (χ1v) is 9.71. The lowest BCUT2D eigenvalue weighted by molar-refractivity contribution is 0.0787. The Bertz CT molecular complexity index is 1130. The highest BCUT2D eigenvalue weighted by Gasteiger charge is 2.17. The van der Waals surface area contributed by atoms with E-state index in [0.717, 1.165) is 32.2 Å². The maximum absolute atomic E-state index is 13.3. The number of aromatic nitrogens is 2. The summed E-state index contributed by atoms with van der Waals surface area (Å²) >= 11 is 3.46. The zero-order valence-corrected chi connectivity index (χ0v) is 16.9. The number of carbonyl (C=O) groups excluding carboxylic acids is 1. The molecule has 0 aliphatic rings. The number of amides is 1. The fourth-order valence-corrected chi connectivity index (χ4v) is 3.42. The molecule has 0 aliphatic carbocycles. The summed E-state index contributed by atoms with van der Waals surface area (Å²) in [6.07, 6.45) is 3.47. The van der Waals surface area contributed by atoms with Crippen molar-refractivity contribution in [3.63, 3.8) is 0 Å². The predicted octanol–water partition coefficient (Wildman–Crippen LogP) is 5.33. The van der Waals surface area contributed by atoms with E-state index >= 15 is 0 Å². The Morgan fingerprint density at radius 2 is 1.71 bits per heavy atom. The SMILES string of the molecule is CN(Cc1ccncc1)C(=O)c1cc(-c2ccc(Br)cc2)nc2ccccc12. The third-order valence-corrected chi connectivity index (χ3v) is 5.13. The predicted molar refractivity (Wildman–Crippen MR) is 115 cm³/mol. The molecule has 0 radical (unpaired) electrons. The smallest absolute Gasteiger partial charge is 0.254 e. The van der Waals surface area contributed by atoms with E-state index < -0.39 is 0 Å². The summed E-state index contributed by atoms with van der Waals surface area (Å²) in [5.41, 5.74) is 4.26. The van der Waals surface area contributed by atoms with E-state index in [9.17, 15) is 4.79 Å². The Morgan fingerprint density at radius 1 is 1.00 bits per heavy atom. The second-order valence-electron chi connectivity index (χ2n) is 6.60. The summed E-state index contributed by atoms with van der Waals surface area (Å²) in [4.78, 5) is 23.8. The van der Waals surface area contributed by atoms with Gasteiger partial charge in [-0.2, -0.15) is 0 Å². The fraction of sp³-hybridized carbons (Fsp3) is 0.0870. The lowest BCUT2D eigenvalue weighted by Crippen LogP contribution is -2.26. The molecule has 0 saturated heterocycles. The Balaban J connectivity index is 1.76. The number of halogens is 1. The second-order valence-corrected chi connectivity index (χ2v) is 7.51. The van der Waals surface area contributed by atoms with Gasteiger partial charge in [-0.25, -0.2) is 4.98 Å². The third-order valence-electron chi connectivity index (χ3n) is 4.60. The number of rotatable bonds is 4. The molecule has 2 aromatic heterocycles. The van der Waals surface area contributed by atoms with Gasteiger partial charge in [-0.3, -0.25) is 9.78 Å². The molecule has 1 amide bonds. The standard InChI is InChI=1S/C23H18BrN3O/c1-27(15-16-10-12-25-13-11-16)23(28)20-14-22(17-6-8-18(24)9-7-17)26-21-5-3-2-4-19(20)21/h2-14H,15H2,1H3. The van der Waals surface area contributed by atoms with Crippen LogP contribution in [0.2, 0.25) is 0 Å². The maximum atomic E-state index is 13.3. The van der Waals surface area contributed by atoms with Gasteiger partial charge in [0, 0.05) is 41.4 Å². The van der Waals surface area contributed by atoms with Gasteiger partial charge in [0.2, 0.25) is 0 Å². The first-order valence-electron chi connectivity index (χ1n) is 8.92. The highest BCUT2D eigenvalue weighted by Crippen LogP contribution is 2.27. The molecule has 5 heteroatoms. The lowest BCUT2D eigenvalue weighted by atomic mass is 10.0. The molecule has 0 atom stereocenters. The van der Waals surface area contributed by atoms with Gasteiger partial charge in [-0.05, 0) is 42.0 Å². The Labute approximate surface area is 172 Å². The second kappa shape index (κ2) is 7.90. The van der Waals surface area contributed by atoms with E-state index in [1.165, 1.54) is 0 Å². The Morgan fingerprint density at radius 3 is 2.46 bits per heavy atom. The zero-order chi connectivity index (χ0) is 19.5. The third kappa shape index (κ3) is 3.80. The average Bonchev–Trinajstić information content (AvgIpc) is 2.73. The molecule has 138 valence electrons. The molecule has 0 bridgehead atoms. The van der Waals surface area contributed by atoms with Crippen LogP contribution in [0, 0.1) is 0 Å². The van der Waals surface area contributed by atoms with E-state index in [4.69, 9.17) is 4.98 Å². The number of para-hydroxylation sites is 1. The van der Waals surface area contributed by atoms with Crippen LogP contribution in [-0.4, -0.2) is 27.8 Å². The van der Waals surface area contributed by atoms with Gasteiger partial charge in [0.25, 0.3) is 5.91 Å². The Hall–Kier alpha value is -3.05. The van der Waals surface area contributed by atoms with Crippen molar-refractivity contribution in [3.05, 3.63) is 94.7 Å². The molecular formula is C23H18BrN3O. The van der Waals surface area contributed by atoms with Crippen LogP contribution in [-0.2, 0) is 6.54 Å². The van der Waals surface area contributed by atoms with Crippen LogP contribution in [0.3, 0.4) is 0 Å². The molecule has 4 nitrogen and oxygen atoms in total. The lowest BCUT2D eigenvalue weighted by Gasteiger charge is -2.19. The molecule has 4 rings (SSSR count). The zero-order valence-electron chi connectivity index (χ0n) is 15.3. The number of carbonyl (C=O) groups is 1. The van der Waals surface area contributed by atoms with Crippen LogP contribution in [0.15, 0.2) is 83.6 Å². The van der Waals surface area contributed by atoms with Crippen LogP contribution in [0.4, 0.5) is 0 Å². The van der Waals surface area contributed by atoms with E-state index in [1.54, 1.807) is 17.3 Å². The average molecular weight is 432 g/mol. The van der Waals surface area contributed by atoms with Crippen LogP contribution >= 0.6 is 15.9 Å². The number of hydrogen-bond acceptors (Lipinski definition) is 3. The van der Waals surface area contributed by atoms with Crippen molar-refractivity contribution in [2.75, 3.05) is 7.05 Å². The quantitative estimate of drug-likeness (QED) is 0.438. The van der Waals surface area contributed by atoms with Crippen molar-refractivity contribution >= 4 is 32.7 Å². The van der Waals surface area contributed by atoms with Gasteiger partial charge < -0.3 is 4.90 Å². The minimum atomic E-state index is -0.0335. The van der Waals surface area contributed by atoms with Crippen molar-refractivity contribution in [2.24, 2.45) is 0 Å². The van der Waals surface area contributed by atoms with Gasteiger partial charge in [-0.15, -0.1) is 0 Å². The molecular weight excluding hydrogens is 414 g/mol. The first kappa shape index (κ1) is 18.3. The van der Waals surface area contributed by atoms with Gasteiger partial charge in [0.1, 0.15) is 0 Å². The Kier molecular flexibility index (Phi) is 5.17. The summed E-state index contributed by atoms with van der Waals surface area (Å²) in [5, 5.41) is 0.856. The molecule has 28 heavy (non-hydrogen) atoms. The van der Waals surface area contributed by atoms with E-state index in [0.29, 0.717) is 12.1 Å². The minimum absolute atomic E-state index is 0.0335. The van der Waals surface area contributed by atoms with E-state index in [1.807, 2.05) is 73.8 Å². The summed E-state index contributed by atoms with van der Waals surface area (Å²) < 4.78 is 1.01. The van der Waals surface area contributed by atoms with E-state index in [-0.39, 0.29) is 5.91 Å². The molecule has 0 N–H and O–H groups in total. The minimum Gasteiger partial charge on any atom is -0.337 e. The summed E-state index contributed by atoms with van der Waals surface area (Å²) in [5.74, 6) is -0.0335. The van der Waals surface area contributed by atoms with Crippen LogP contribution in [0.5, 0.6) is 0 Å². The number of hydrogen-bond donors (Lipinski definition) is 0. The first-order chi connectivity index (χ1) is 13.6. The van der Waals surface area contributed by atoms with Gasteiger partial charge in [0.15, 0.2) is 0 Å².